The maximum Gasteiger partial charge on any atom is 0.126 e. The van der Waals surface area contributed by atoms with Gasteiger partial charge in [0, 0.05) is 0 Å². The third-order valence-electron chi connectivity index (χ3n) is 3.13. The number of hydrogen-bond acceptors (Lipinski definition) is 2. The molecule has 0 saturated heterocycles. The van der Waals surface area contributed by atoms with Crippen molar-refractivity contribution in [3.63, 3.8) is 0 Å². The molecule has 0 N–H and O–H groups in total. The Bertz CT molecular complexity index is 658. The van der Waals surface area contributed by atoms with Crippen molar-refractivity contribution in [1.82, 2.24) is 9.55 Å². The molecular weight excluding hydrogens is 248 g/mol. The summed E-state index contributed by atoms with van der Waals surface area (Å²) in [5.41, 5.74) is 2.05. The molecule has 0 radical (unpaired) electrons. The average Bonchev–Trinajstić information content (AvgIpc) is 3.04. The van der Waals surface area contributed by atoms with Gasteiger partial charge in [0.25, 0.3) is 0 Å². The Morgan fingerprint density at radius 1 is 1.28 bits per heavy atom. The van der Waals surface area contributed by atoms with Crippen molar-refractivity contribution in [2.24, 2.45) is 0 Å². The Morgan fingerprint density at radius 2 is 2.11 bits per heavy atom. The van der Waals surface area contributed by atoms with E-state index in [-0.39, 0.29) is 6.04 Å². The van der Waals surface area contributed by atoms with E-state index in [2.05, 4.69) is 22.5 Å². The van der Waals surface area contributed by atoms with E-state index in [1.807, 2.05) is 30.3 Å². The first kappa shape index (κ1) is 11.4. The molecule has 0 bridgehead atoms. The highest BCUT2D eigenvalue weighted by molar-refractivity contribution is 6.16. The monoisotopic (exact) mass is 260 g/mol. The Morgan fingerprint density at radius 3 is 2.83 bits per heavy atom. The van der Waals surface area contributed by atoms with E-state index in [0.717, 1.165) is 22.6 Å². The molecule has 3 aromatic rings. The van der Waals surface area contributed by atoms with Crippen molar-refractivity contribution in [3.05, 3.63) is 54.2 Å². The molecule has 0 fully saturated rings. The Kier molecular flexibility index (Phi) is 2.84. The fraction of sp³-hybridized carbons (Fsp3) is 0.214. The van der Waals surface area contributed by atoms with Crippen LogP contribution in [0.3, 0.4) is 0 Å². The molecular formula is C14H13ClN2O. The summed E-state index contributed by atoms with van der Waals surface area (Å²) >= 11 is 6.00. The van der Waals surface area contributed by atoms with Gasteiger partial charge in [0.2, 0.25) is 0 Å². The van der Waals surface area contributed by atoms with Gasteiger partial charge in [0.05, 0.1) is 29.2 Å². The van der Waals surface area contributed by atoms with E-state index in [9.17, 15) is 0 Å². The van der Waals surface area contributed by atoms with Gasteiger partial charge >= 0.3 is 0 Å². The predicted molar refractivity (Wildman–Crippen MR) is 71.8 cm³/mol. The van der Waals surface area contributed by atoms with Crippen molar-refractivity contribution < 1.29 is 4.42 Å². The van der Waals surface area contributed by atoms with E-state index in [1.54, 1.807) is 6.26 Å². The van der Waals surface area contributed by atoms with Gasteiger partial charge in [-0.05, 0) is 31.2 Å². The van der Waals surface area contributed by atoms with Crippen LogP contribution in [-0.2, 0) is 5.88 Å². The van der Waals surface area contributed by atoms with Gasteiger partial charge in [0.15, 0.2) is 0 Å². The molecule has 0 aliphatic rings. The van der Waals surface area contributed by atoms with Crippen LogP contribution < -0.4 is 0 Å². The zero-order valence-corrected chi connectivity index (χ0v) is 10.8. The van der Waals surface area contributed by atoms with Crippen LogP contribution >= 0.6 is 11.6 Å². The van der Waals surface area contributed by atoms with E-state index >= 15 is 0 Å². The first-order chi connectivity index (χ1) is 8.81. The number of hydrogen-bond donors (Lipinski definition) is 0. The number of aromatic nitrogens is 2. The highest BCUT2D eigenvalue weighted by Gasteiger charge is 2.17. The molecule has 4 heteroatoms. The number of rotatable bonds is 3. The van der Waals surface area contributed by atoms with Gasteiger partial charge in [0.1, 0.15) is 11.6 Å². The van der Waals surface area contributed by atoms with Crippen molar-refractivity contribution in [1.29, 1.82) is 0 Å². The van der Waals surface area contributed by atoms with Crippen LogP contribution in [0.25, 0.3) is 11.0 Å². The lowest BCUT2D eigenvalue weighted by Gasteiger charge is -2.14. The molecule has 1 unspecified atom stereocenters. The minimum Gasteiger partial charge on any atom is -0.467 e. The molecule has 92 valence electrons. The topological polar surface area (TPSA) is 31.0 Å². The molecule has 0 spiro atoms. The van der Waals surface area contributed by atoms with E-state index in [0.29, 0.717) is 5.88 Å². The lowest BCUT2D eigenvalue weighted by atomic mass is 10.2. The number of para-hydroxylation sites is 2. The average molecular weight is 261 g/mol. The third-order valence-corrected chi connectivity index (χ3v) is 3.37. The maximum atomic E-state index is 6.00. The molecule has 18 heavy (non-hydrogen) atoms. The van der Waals surface area contributed by atoms with Gasteiger partial charge in [-0.3, -0.25) is 0 Å². The molecule has 0 amide bonds. The number of benzene rings is 1. The summed E-state index contributed by atoms with van der Waals surface area (Å²) in [5, 5.41) is 0. The van der Waals surface area contributed by atoms with E-state index in [4.69, 9.17) is 16.0 Å². The van der Waals surface area contributed by atoms with Crippen LogP contribution in [0.1, 0.15) is 24.6 Å². The minimum absolute atomic E-state index is 0.0844. The zero-order chi connectivity index (χ0) is 12.5. The molecule has 0 saturated carbocycles. The predicted octanol–water partition coefficient (Wildman–Crippen LogP) is 3.98. The molecule has 2 heterocycles. The van der Waals surface area contributed by atoms with Crippen molar-refractivity contribution in [2.45, 2.75) is 18.8 Å². The summed E-state index contributed by atoms with van der Waals surface area (Å²) in [6.45, 7) is 2.09. The first-order valence-electron chi connectivity index (χ1n) is 5.86. The number of fused-ring (bicyclic) bond motifs is 1. The molecule has 2 aromatic heterocycles. The second-order valence-corrected chi connectivity index (χ2v) is 4.48. The normalized spacial score (nSPS) is 13.0. The Balaban J connectivity index is 2.20. The summed E-state index contributed by atoms with van der Waals surface area (Å²) in [6.07, 6.45) is 1.69. The summed E-state index contributed by atoms with van der Waals surface area (Å²) in [7, 11) is 0. The number of halogens is 1. The first-order valence-corrected chi connectivity index (χ1v) is 6.40. The molecule has 1 atom stereocenters. The van der Waals surface area contributed by atoms with Crippen LogP contribution in [0.5, 0.6) is 0 Å². The molecule has 0 aliphatic heterocycles. The fourth-order valence-corrected chi connectivity index (χ4v) is 2.47. The smallest absolute Gasteiger partial charge is 0.126 e. The van der Waals surface area contributed by atoms with Crippen LogP contribution in [0.4, 0.5) is 0 Å². The van der Waals surface area contributed by atoms with Gasteiger partial charge in [-0.15, -0.1) is 11.6 Å². The highest BCUT2D eigenvalue weighted by Crippen LogP contribution is 2.26. The lowest BCUT2D eigenvalue weighted by Crippen LogP contribution is -2.09. The standard InChI is InChI=1S/C14H13ClN2O/c1-10(13-7-4-8-18-13)17-12-6-3-2-5-11(12)16-14(17)9-15/h2-8,10H,9H2,1H3. The van der Waals surface area contributed by atoms with Crippen LogP contribution in [0.2, 0.25) is 0 Å². The second kappa shape index (κ2) is 4.50. The van der Waals surface area contributed by atoms with Crippen LogP contribution in [0, 0.1) is 0 Å². The number of imidazole rings is 1. The van der Waals surface area contributed by atoms with Crippen molar-refractivity contribution in [3.8, 4) is 0 Å². The number of alkyl halides is 1. The summed E-state index contributed by atoms with van der Waals surface area (Å²) in [6, 6.07) is 12.0. The van der Waals surface area contributed by atoms with Crippen LogP contribution in [0.15, 0.2) is 47.1 Å². The molecule has 0 aliphatic carbocycles. The Hall–Kier alpha value is -1.74. The second-order valence-electron chi connectivity index (χ2n) is 4.21. The van der Waals surface area contributed by atoms with Gasteiger partial charge in [-0.25, -0.2) is 4.98 Å². The van der Waals surface area contributed by atoms with E-state index in [1.165, 1.54) is 0 Å². The zero-order valence-electron chi connectivity index (χ0n) is 10.0. The van der Waals surface area contributed by atoms with Gasteiger partial charge in [-0.1, -0.05) is 12.1 Å². The number of nitrogens with zero attached hydrogens (tertiary/aromatic N) is 2. The van der Waals surface area contributed by atoms with Gasteiger partial charge < -0.3 is 8.98 Å². The SMILES string of the molecule is CC(c1ccco1)n1c(CCl)nc2ccccc21. The Labute approximate surface area is 110 Å². The lowest BCUT2D eigenvalue weighted by molar-refractivity contribution is 0.446. The largest absolute Gasteiger partial charge is 0.467 e. The minimum atomic E-state index is 0.0844. The van der Waals surface area contributed by atoms with E-state index < -0.39 is 0 Å². The summed E-state index contributed by atoms with van der Waals surface area (Å²) in [4.78, 5) is 4.55. The maximum absolute atomic E-state index is 6.00. The third kappa shape index (κ3) is 1.71. The van der Waals surface area contributed by atoms with Crippen molar-refractivity contribution in [2.75, 3.05) is 0 Å². The summed E-state index contributed by atoms with van der Waals surface area (Å²) < 4.78 is 7.60. The fourth-order valence-electron chi connectivity index (χ4n) is 2.28. The highest BCUT2D eigenvalue weighted by atomic mass is 35.5. The number of furan rings is 1. The molecule has 1 aromatic carbocycles. The summed E-state index contributed by atoms with van der Waals surface area (Å²) in [5.74, 6) is 2.16. The van der Waals surface area contributed by atoms with Gasteiger partial charge in [-0.2, -0.15) is 0 Å². The van der Waals surface area contributed by atoms with Crippen molar-refractivity contribution >= 4 is 22.6 Å². The molecule has 3 nitrogen and oxygen atoms in total. The van der Waals surface area contributed by atoms with Crippen LogP contribution in [-0.4, -0.2) is 9.55 Å². The quantitative estimate of drug-likeness (QED) is 0.667. The molecule has 3 rings (SSSR count).